The zero-order chi connectivity index (χ0) is 19.5. The summed E-state index contributed by atoms with van der Waals surface area (Å²) >= 11 is 0. The van der Waals surface area contributed by atoms with Crippen molar-refractivity contribution in [2.45, 2.75) is 51.1 Å². The van der Waals surface area contributed by atoms with Crippen molar-refractivity contribution in [1.29, 1.82) is 0 Å². The number of aromatic nitrogens is 2. The lowest BCUT2D eigenvalue weighted by Crippen LogP contribution is -2.47. The zero-order valence-corrected chi connectivity index (χ0v) is 16.4. The van der Waals surface area contributed by atoms with Gasteiger partial charge in [-0.2, -0.15) is 0 Å². The average Bonchev–Trinajstić information content (AvgIpc) is 3.11. The Morgan fingerprint density at radius 3 is 2.86 bits per heavy atom. The van der Waals surface area contributed by atoms with Crippen LogP contribution in [0.25, 0.3) is 11.0 Å². The molecule has 1 saturated carbocycles. The summed E-state index contributed by atoms with van der Waals surface area (Å²) in [4.78, 5) is 32.0. The average molecular weight is 384 g/mol. The van der Waals surface area contributed by atoms with Crippen LogP contribution in [-0.4, -0.2) is 59.1 Å². The SMILES string of the molecule is COCCCNC(=O)c1ccc2c(c1)nc1n2CCN(C2CCCCC2)C1=O. The topological polar surface area (TPSA) is 76.5 Å². The van der Waals surface area contributed by atoms with Crippen LogP contribution in [0.2, 0.25) is 0 Å². The fourth-order valence-corrected chi connectivity index (χ4v) is 4.36. The molecule has 2 aromatic rings. The van der Waals surface area contributed by atoms with E-state index in [9.17, 15) is 9.59 Å². The normalized spacial score (nSPS) is 17.8. The molecule has 1 N–H and O–H groups in total. The second kappa shape index (κ2) is 8.31. The van der Waals surface area contributed by atoms with Crippen LogP contribution in [0.3, 0.4) is 0 Å². The van der Waals surface area contributed by atoms with E-state index in [0.29, 0.717) is 36.1 Å². The second-order valence-corrected chi connectivity index (χ2v) is 7.68. The smallest absolute Gasteiger partial charge is 0.290 e. The van der Waals surface area contributed by atoms with Gasteiger partial charge in [-0.25, -0.2) is 4.98 Å². The quantitative estimate of drug-likeness (QED) is 0.777. The van der Waals surface area contributed by atoms with Gasteiger partial charge in [0.1, 0.15) is 0 Å². The fraction of sp³-hybridized carbons (Fsp3) is 0.571. The second-order valence-electron chi connectivity index (χ2n) is 7.68. The van der Waals surface area contributed by atoms with Crippen molar-refractivity contribution in [3.05, 3.63) is 29.6 Å². The molecule has 0 atom stereocenters. The monoisotopic (exact) mass is 384 g/mol. The first-order chi connectivity index (χ1) is 13.7. The molecule has 2 heterocycles. The minimum atomic E-state index is -0.126. The van der Waals surface area contributed by atoms with E-state index in [-0.39, 0.29) is 11.8 Å². The van der Waals surface area contributed by atoms with E-state index < -0.39 is 0 Å². The summed E-state index contributed by atoms with van der Waals surface area (Å²) in [6.07, 6.45) is 6.64. The molecule has 7 nitrogen and oxygen atoms in total. The zero-order valence-electron chi connectivity index (χ0n) is 16.4. The van der Waals surface area contributed by atoms with Gasteiger partial charge >= 0.3 is 0 Å². The van der Waals surface area contributed by atoms with E-state index in [2.05, 4.69) is 10.3 Å². The predicted molar refractivity (Wildman–Crippen MR) is 106 cm³/mol. The maximum absolute atomic E-state index is 13.1. The summed E-state index contributed by atoms with van der Waals surface area (Å²) in [6.45, 7) is 2.69. The lowest BCUT2D eigenvalue weighted by molar-refractivity contribution is 0.0566. The third-order valence-electron chi connectivity index (χ3n) is 5.85. The molecule has 0 saturated heterocycles. The van der Waals surface area contributed by atoms with Crippen LogP contribution < -0.4 is 5.32 Å². The molecule has 0 radical (unpaired) electrons. The highest BCUT2D eigenvalue weighted by Crippen LogP contribution is 2.28. The van der Waals surface area contributed by atoms with Gasteiger partial charge in [0, 0.05) is 45.0 Å². The number of nitrogens with zero attached hydrogens (tertiary/aromatic N) is 3. The molecule has 0 bridgehead atoms. The van der Waals surface area contributed by atoms with Gasteiger partial charge in [-0.05, 0) is 37.5 Å². The van der Waals surface area contributed by atoms with Crippen molar-refractivity contribution in [1.82, 2.24) is 19.8 Å². The van der Waals surface area contributed by atoms with Gasteiger partial charge < -0.3 is 19.5 Å². The number of fused-ring (bicyclic) bond motifs is 3. The molecule has 28 heavy (non-hydrogen) atoms. The number of benzene rings is 1. The van der Waals surface area contributed by atoms with Crippen molar-refractivity contribution in [2.75, 3.05) is 26.8 Å². The first kappa shape index (κ1) is 18.9. The lowest BCUT2D eigenvalue weighted by Gasteiger charge is -2.36. The largest absolute Gasteiger partial charge is 0.385 e. The molecule has 0 unspecified atom stereocenters. The molecule has 0 spiro atoms. The molecule has 2 amide bonds. The molecule has 1 aromatic heterocycles. The van der Waals surface area contributed by atoms with Crippen molar-refractivity contribution >= 4 is 22.8 Å². The van der Waals surface area contributed by atoms with Crippen LogP contribution in [0.15, 0.2) is 18.2 Å². The Kier molecular flexibility index (Phi) is 5.62. The lowest BCUT2D eigenvalue weighted by atomic mass is 9.94. The number of amides is 2. The number of methoxy groups -OCH3 is 1. The standard InChI is InChI=1S/C21H28N4O3/c1-28-13-5-10-22-20(26)15-8-9-18-17(14-15)23-19-21(27)24(11-12-25(18)19)16-6-3-2-4-7-16/h8-9,14,16H,2-7,10-13H2,1H3,(H,22,26). The Balaban J connectivity index is 1.53. The number of imidazole rings is 1. The molecular formula is C21H28N4O3. The van der Waals surface area contributed by atoms with E-state index in [1.165, 1.54) is 19.3 Å². The number of rotatable bonds is 6. The van der Waals surface area contributed by atoms with Crippen molar-refractivity contribution < 1.29 is 14.3 Å². The minimum absolute atomic E-state index is 0.0277. The highest BCUT2D eigenvalue weighted by Gasteiger charge is 2.33. The summed E-state index contributed by atoms with van der Waals surface area (Å²) < 4.78 is 6.99. The van der Waals surface area contributed by atoms with Gasteiger partial charge in [-0.3, -0.25) is 9.59 Å². The van der Waals surface area contributed by atoms with Crippen LogP contribution in [0.1, 0.15) is 59.5 Å². The summed E-state index contributed by atoms with van der Waals surface area (Å²) in [6, 6.07) is 5.84. The number of carbonyl (C=O) groups is 2. The van der Waals surface area contributed by atoms with Crippen molar-refractivity contribution in [3.8, 4) is 0 Å². The highest BCUT2D eigenvalue weighted by molar-refractivity contribution is 6.00. The Labute approximate surface area is 165 Å². The molecule has 2 aliphatic rings. The molecule has 4 rings (SSSR count). The fourth-order valence-electron chi connectivity index (χ4n) is 4.36. The summed E-state index contributed by atoms with van der Waals surface area (Å²) in [5.41, 5.74) is 2.19. The maximum Gasteiger partial charge on any atom is 0.290 e. The summed E-state index contributed by atoms with van der Waals surface area (Å²) in [5.74, 6) is 0.406. The molecule has 1 aliphatic heterocycles. The Bertz CT molecular complexity index is 870. The van der Waals surface area contributed by atoms with E-state index in [0.717, 1.165) is 37.9 Å². The molecule has 7 heteroatoms. The van der Waals surface area contributed by atoms with Gasteiger partial charge in [0.2, 0.25) is 0 Å². The van der Waals surface area contributed by atoms with Gasteiger partial charge in [-0.1, -0.05) is 19.3 Å². The molecule has 1 aliphatic carbocycles. The third kappa shape index (κ3) is 3.63. The maximum atomic E-state index is 13.1. The predicted octanol–water partition coefficient (Wildman–Crippen LogP) is 2.59. The Morgan fingerprint density at radius 2 is 2.07 bits per heavy atom. The Morgan fingerprint density at radius 1 is 1.25 bits per heavy atom. The van der Waals surface area contributed by atoms with Gasteiger partial charge in [0.15, 0.2) is 5.82 Å². The van der Waals surface area contributed by atoms with Crippen LogP contribution in [0.5, 0.6) is 0 Å². The van der Waals surface area contributed by atoms with E-state index in [1.807, 2.05) is 15.5 Å². The van der Waals surface area contributed by atoms with Crippen LogP contribution >= 0.6 is 0 Å². The Hall–Kier alpha value is -2.41. The summed E-state index contributed by atoms with van der Waals surface area (Å²) in [7, 11) is 1.65. The van der Waals surface area contributed by atoms with Crippen LogP contribution in [0.4, 0.5) is 0 Å². The molecule has 1 aromatic carbocycles. The number of hydrogen-bond donors (Lipinski definition) is 1. The van der Waals surface area contributed by atoms with E-state index in [1.54, 1.807) is 19.2 Å². The minimum Gasteiger partial charge on any atom is -0.385 e. The van der Waals surface area contributed by atoms with E-state index in [4.69, 9.17) is 4.74 Å². The first-order valence-electron chi connectivity index (χ1n) is 10.3. The third-order valence-corrected chi connectivity index (χ3v) is 5.85. The molecule has 150 valence electrons. The van der Waals surface area contributed by atoms with Crippen LogP contribution in [-0.2, 0) is 11.3 Å². The van der Waals surface area contributed by atoms with Gasteiger partial charge in [-0.15, -0.1) is 0 Å². The van der Waals surface area contributed by atoms with E-state index >= 15 is 0 Å². The van der Waals surface area contributed by atoms with Crippen molar-refractivity contribution in [2.24, 2.45) is 0 Å². The van der Waals surface area contributed by atoms with Gasteiger partial charge in [0.05, 0.1) is 11.0 Å². The van der Waals surface area contributed by atoms with Crippen LogP contribution in [0, 0.1) is 0 Å². The van der Waals surface area contributed by atoms with Gasteiger partial charge in [0.25, 0.3) is 11.8 Å². The molecular weight excluding hydrogens is 356 g/mol. The number of ether oxygens (including phenoxy) is 1. The summed E-state index contributed by atoms with van der Waals surface area (Å²) in [5, 5.41) is 2.89. The van der Waals surface area contributed by atoms with Crippen molar-refractivity contribution in [3.63, 3.8) is 0 Å². The molecule has 1 fully saturated rings. The number of nitrogens with one attached hydrogen (secondary N) is 1. The first-order valence-corrected chi connectivity index (χ1v) is 10.3. The number of hydrogen-bond acceptors (Lipinski definition) is 4. The number of carbonyl (C=O) groups excluding carboxylic acids is 2. The highest BCUT2D eigenvalue weighted by atomic mass is 16.5.